The predicted molar refractivity (Wildman–Crippen MR) is 153 cm³/mol. The van der Waals surface area contributed by atoms with Crippen LogP contribution in [0.1, 0.15) is 56.7 Å². The van der Waals surface area contributed by atoms with Gasteiger partial charge in [-0.3, -0.25) is 9.59 Å². The van der Waals surface area contributed by atoms with Crippen LogP contribution in [-0.4, -0.2) is 35.4 Å². The van der Waals surface area contributed by atoms with Gasteiger partial charge in [0.2, 0.25) is 5.91 Å². The van der Waals surface area contributed by atoms with Gasteiger partial charge in [0.05, 0.1) is 4.47 Å². The molecular formula is C31H37BrN2O3. The highest BCUT2D eigenvalue weighted by Gasteiger charge is 2.31. The van der Waals surface area contributed by atoms with Gasteiger partial charge < -0.3 is 15.0 Å². The van der Waals surface area contributed by atoms with Gasteiger partial charge in [-0.2, -0.15) is 0 Å². The fourth-order valence-corrected chi connectivity index (χ4v) is 4.50. The van der Waals surface area contributed by atoms with Crippen molar-refractivity contribution in [1.82, 2.24) is 10.2 Å². The number of nitrogens with zero attached hydrogens (tertiary/aromatic N) is 1. The minimum atomic E-state index is -0.681. The van der Waals surface area contributed by atoms with Gasteiger partial charge in [-0.15, -0.1) is 0 Å². The number of amides is 2. The van der Waals surface area contributed by atoms with Gasteiger partial charge in [0.25, 0.3) is 5.91 Å². The van der Waals surface area contributed by atoms with E-state index < -0.39 is 6.04 Å². The summed E-state index contributed by atoms with van der Waals surface area (Å²) in [4.78, 5) is 28.9. The van der Waals surface area contributed by atoms with Gasteiger partial charge >= 0.3 is 0 Å². The predicted octanol–water partition coefficient (Wildman–Crippen LogP) is 6.51. The highest BCUT2D eigenvalue weighted by Crippen LogP contribution is 2.29. The zero-order valence-electron chi connectivity index (χ0n) is 22.1. The van der Waals surface area contributed by atoms with Crippen molar-refractivity contribution in [3.05, 3.63) is 100 Å². The molecule has 0 heterocycles. The van der Waals surface area contributed by atoms with E-state index in [0.717, 1.165) is 22.0 Å². The summed E-state index contributed by atoms with van der Waals surface area (Å²) in [6.45, 7) is 8.40. The Balaban J connectivity index is 1.89. The van der Waals surface area contributed by atoms with Crippen LogP contribution in [0.2, 0.25) is 0 Å². The summed E-state index contributed by atoms with van der Waals surface area (Å²) in [6, 6.07) is 24.8. The summed E-state index contributed by atoms with van der Waals surface area (Å²) in [6.07, 6.45) is 1.22. The van der Waals surface area contributed by atoms with Gasteiger partial charge in [-0.05, 0) is 64.0 Å². The zero-order chi connectivity index (χ0) is 26.8. The standard InChI is InChI=1S/C31H37BrN2O3/c1-5-23(4)33-31(36)28(18-24-12-8-6-9-13-24)34(20-25-14-10-7-11-15-25)30(35)21-37-29-17-16-26(22(2)3)19-27(29)32/h6-17,19,22-23,28H,5,18,20-21H2,1-4H3,(H,33,36)/t23-,28+/m0/s1. The van der Waals surface area contributed by atoms with Crippen LogP contribution in [0.4, 0.5) is 0 Å². The molecule has 0 spiro atoms. The van der Waals surface area contributed by atoms with Crippen molar-refractivity contribution in [2.24, 2.45) is 0 Å². The number of carbonyl (C=O) groups is 2. The normalized spacial score (nSPS) is 12.6. The molecule has 0 fully saturated rings. The minimum Gasteiger partial charge on any atom is -0.483 e. The van der Waals surface area contributed by atoms with E-state index in [1.165, 1.54) is 5.56 Å². The molecule has 0 aliphatic rings. The van der Waals surface area contributed by atoms with E-state index in [1.54, 1.807) is 4.90 Å². The Morgan fingerprint density at radius 1 is 0.919 bits per heavy atom. The molecule has 6 heteroatoms. The number of ether oxygens (including phenoxy) is 1. The molecule has 196 valence electrons. The third kappa shape index (κ3) is 8.46. The molecule has 3 aromatic rings. The van der Waals surface area contributed by atoms with Crippen LogP contribution in [-0.2, 0) is 22.6 Å². The van der Waals surface area contributed by atoms with Gasteiger partial charge in [-0.1, -0.05) is 87.5 Å². The summed E-state index contributed by atoms with van der Waals surface area (Å²) < 4.78 is 6.77. The van der Waals surface area contributed by atoms with Crippen molar-refractivity contribution in [1.29, 1.82) is 0 Å². The summed E-state index contributed by atoms with van der Waals surface area (Å²) >= 11 is 3.57. The molecule has 0 aliphatic heterocycles. The van der Waals surface area contributed by atoms with Crippen molar-refractivity contribution >= 4 is 27.7 Å². The first kappa shape index (κ1) is 28.5. The number of carbonyl (C=O) groups excluding carboxylic acids is 2. The van der Waals surface area contributed by atoms with Crippen LogP contribution in [0.25, 0.3) is 0 Å². The maximum absolute atomic E-state index is 13.7. The molecule has 2 amide bonds. The molecule has 2 atom stereocenters. The van der Waals surface area contributed by atoms with Crippen LogP contribution < -0.4 is 10.1 Å². The van der Waals surface area contributed by atoms with Crippen LogP contribution in [0.15, 0.2) is 83.3 Å². The van der Waals surface area contributed by atoms with E-state index in [0.29, 0.717) is 24.6 Å². The van der Waals surface area contributed by atoms with E-state index in [-0.39, 0.29) is 24.5 Å². The molecule has 0 unspecified atom stereocenters. The smallest absolute Gasteiger partial charge is 0.261 e. The Morgan fingerprint density at radius 3 is 2.11 bits per heavy atom. The Kier molecular flexibility index (Phi) is 10.8. The van der Waals surface area contributed by atoms with Crippen molar-refractivity contribution < 1.29 is 14.3 Å². The first-order valence-electron chi connectivity index (χ1n) is 12.9. The number of benzene rings is 3. The number of nitrogens with one attached hydrogen (secondary N) is 1. The number of hydrogen-bond acceptors (Lipinski definition) is 3. The SMILES string of the molecule is CC[C@H](C)NC(=O)[C@@H](Cc1ccccc1)N(Cc1ccccc1)C(=O)COc1ccc(C(C)C)cc1Br. The molecule has 0 bridgehead atoms. The van der Waals surface area contributed by atoms with E-state index in [9.17, 15) is 9.59 Å². The highest BCUT2D eigenvalue weighted by atomic mass is 79.9. The average Bonchev–Trinajstić information content (AvgIpc) is 2.90. The van der Waals surface area contributed by atoms with E-state index in [2.05, 4.69) is 35.1 Å². The quantitative estimate of drug-likeness (QED) is 0.273. The summed E-state index contributed by atoms with van der Waals surface area (Å²) in [5.41, 5.74) is 3.12. The third-order valence-corrected chi connectivity index (χ3v) is 7.06. The molecule has 0 aliphatic carbocycles. The van der Waals surface area contributed by atoms with Crippen molar-refractivity contribution in [3.63, 3.8) is 0 Å². The monoisotopic (exact) mass is 564 g/mol. The Morgan fingerprint density at radius 2 is 1.54 bits per heavy atom. The lowest BCUT2D eigenvalue weighted by Gasteiger charge is -2.32. The Labute approximate surface area is 229 Å². The zero-order valence-corrected chi connectivity index (χ0v) is 23.7. The Hall–Kier alpha value is -3.12. The molecule has 0 aromatic heterocycles. The first-order valence-corrected chi connectivity index (χ1v) is 13.7. The van der Waals surface area contributed by atoms with E-state index in [1.807, 2.05) is 92.7 Å². The van der Waals surface area contributed by atoms with Crippen LogP contribution in [0.3, 0.4) is 0 Å². The van der Waals surface area contributed by atoms with Crippen molar-refractivity contribution in [3.8, 4) is 5.75 Å². The average molecular weight is 566 g/mol. The molecule has 0 radical (unpaired) electrons. The maximum Gasteiger partial charge on any atom is 0.261 e. The fourth-order valence-electron chi connectivity index (χ4n) is 3.99. The second kappa shape index (κ2) is 14.0. The van der Waals surface area contributed by atoms with Crippen molar-refractivity contribution in [2.75, 3.05) is 6.61 Å². The lowest BCUT2D eigenvalue weighted by molar-refractivity contribution is -0.143. The van der Waals surface area contributed by atoms with Crippen LogP contribution >= 0.6 is 15.9 Å². The largest absolute Gasteiger partial charge is 0.483 e. The second-order valence-corrected chi connectivity index (χ2v) is 10.5. The first-order chi connectivity index (χ1) is 17.8. The number of hydrogen-bond donors (Lipinski definition) is 1. The lowest BCUT2D eigenvalue weighted by Crippen LogP contribution is -2.53. The molecule has 37 heavy (non-hydrogen) atoms. The van der Waals surface area contributed by atoms with Gasteiger partial charge in [0.15, 0.2) is 6.61 Å². The van der Waals surface area contributed by atoms with Gasteiger partial charge in [-0.25, -0.2) is 0 Å². The molecule has 1 N–H and O–H groups in total. The maximum atomic E-state index is 13.7. The van der Waals surface area contributed by atoms with E-state index >= 15 is 0 Å². The van der Waals surface area contributed by atoms with Crippen molar-refractivity contribution in [2.45, 2.75) is 65.1 Å². The molecule has 3 rings (SSSR count). The molecule has 5 nitrogen and oxygen atoms in total. The lowest BCUT2D eigenvalue weighted by atomic mass is 10.0. The summed E-state index contributed by atoms with van der Waals surface area (Å²) in [5, 5.41) is 3.09. The molecule has 0 saturated carbocycles. The van der Waals surface area contributed by atoms with Crippen LogP contribution in [0.5, 0.6) is 5.75 Å². The topological polar surface area (TPSA) is 58.6 Å². The van der Waals surface area contributed by atoms with Crippen LogP contribution in [0, 0.1) is 0 Å². The summed E-state index contributed by atoms with van der Waals surface area (Å²) in [5.74, 6) is 0.575. The number of halogens is 1. The highest BCUT2D eigenvalue weighted by molar-refractivity contribution is 9.10. The Bertz CT molecular complexity index is 1150. The third-order valence-electron chi connectivity index (χ3n) is 6.44. The summed E-state index contributed by atoms with van der Waals surface area (Å²) in [7, 11) is 0. The minimum absolute atomic E-state index is 0.00567. The van der Waals surface area contributed by atoms with Gasteiger partial charge in [0.1, 0.15) is 11.8 Å². The number of rotatable bonds is 12. The fraction of sp³-hybridized carbons (Fsp3) is 0.355. The molecular weight excluding hydrogens is 528 g/mol. The van der Waals surface area contributed by atoms with E-state index in [4.69, 9.17) is 4.74 Å². The second-order valence-electron chi connectivity index (χ2n) is 9.66. The van der Waals surface area contributed by atoms with Gasteiger partial charge in [0, 0.05) is 19.0 Å². The molecule has 0 saturated heterocycles. The molecule has 3 aromatic carbocycles.